The Hall–Kier alpha value is -1.43. The summed E-state index contributed by atoms with van der Waals surface area (Å²) in [5.74, 6) is -1.99. The smallest absolute Gasteiger partial charge is 0.330 e. The summed E-state index contributed by atoms with van der Waals surface area (Å²) in [6.07, 6.45) is 1.98. The van der Waals surface area contributed by atoms with Crippen LogP contribution in [0.5, 0.6) is 0 Å². The van der Waals surface area contributed by atoms with Gasteiger partial charge in [-0.15, -0.1) is 0 Å². The molecule has 1 saturated carbocycles. The molecule has 3 fully saturated rings. The number of amides is 2. The van der Waals surface area contributed by atoms with Crippen molar-refractivity contribution in [1.29, 1.82) is 0 Å². The molecular formula is C12H15NO5. The van der Waals surface area contributed by atoms with E-state index >= 15 is 0 Å². The molecule has 0 spiro atoms. The van der Waals surface area contributed by atoms with E-state index in [0.717, 1.165) is 17.7 Å². The average molecular weight is 253 g/mol. The van der Waals surface area contributed by atoms with E-state index in [4.69, 9.17) is 4.74 Å². The van der Waals surface area contributed by atoms with Gasteiger partial charge >= 0.3 is 5.97 Å². The lowest BCUT2D eigenvalue weighted by Gasteiger charge is -2.40. The highest BCUT2D eigenvalue weighted by atomic mass is 16.5. The van der Waals surface area contributed by atoms with Crippen molar-refractivity contribution in [2.75, 3.05) is 0 Å². The summed E-state index contributed by atoms with van der Waals surface area (Å²) in [5.41, 5.74) is -1.32. The number of likely N-dealkylation sites (tertiary alicyclic amines) is 1. The van der Waals surface area contributed by atoms with Gasteiger partial charge < -0.3 is 9.84 Å². The molecule has 0 aromatic heterocycles. The number of hydrogen-bond donors (Lipinski definition) is 1. The number of ether oxygens (including phenoxy) is 1. The SMILES string of the molecule is O=C1C2CCC(O2)C(=O)N1C1(C(=O)O)CCCC1. The predicted molar refractivity (Wildman–Crippen MR) is 58.6 cm³/mol. The molecule has 2 atom stereocenters. The zero-order chi connectivity index (χ0) is 12.9. The number of morpholine rings is 1. The van der Waals surface area contributed by atoms with Gasteiger partial charge in [0.2, 0.25) is 0 Å². The Morgan fingerprint density at radius 2 is 1.67 bits per heavy atom. The second kappa shape index (κ2) is 3.78. The monoisotopic (exact) mass is 253 g/mol. The Balaban J connectivity index is 2.01. The van der Waals surface area contributed by atoms with Gasteiger partial charge in [0.25, 0.3) is 11.8 Å². The second-order valence-corrected chi connectivity index (χ2v) is 5.25. The van der Waals surface area contributed by atoms with Crippen LogP contribution in [0.15, 0.2) is 0 Å². The van der Waals surface area contributed by atoms with Gasteiger partial charge in [0, 0.05) is 0 Å². The highest BCUT2D eigenvalue weighted by molar-refractivity contribution is 6.06. The molecule has 1 N–H and O–H groups in total. The van der Waals surface area contributed by atoms with E-state index < -0.39 is 35.5 Å². The molecule has 3 aliphatic rings. The van der Waals surface area contributed by atoms with Gasteiger partial charge in [0.1, 0.15) is 17.7 Å². The minimum Gasteiger partial charge on any atom is -0.479 e. The molecule has 6 nitrogen and oxygen atoms in total. The minimum atomic E-state index is -1.32. The third-order valence-corrected chi connectivity index (χ3v) is 4.27. The molecule has 2 saturated heterocycles. The number of nitrogens with zero attached hydrogens (tertiary/aromatic N) is 1. The van der Waals surface area contributed by atoms with Crippen LogP contribution in [-0.2, 0) is 19.1 Å². The zero-order valence-electron chi connectivity index (χ0n) is 9.92. The molecule has 0 aromatic rings. The van der Waals surface area contributed by atoms with Crippen LogP contribution in [0.1, 0.15) is 38.5 Å². The average Bonchev–Trinajstić information content (AvgIpc) is 2.96. The topological polar surface area (TPSA) is 83.9 Å². The van der Waals surface area contributed by atoms with Crippen LogP contribution in [-0.4, -0.2) is 45.5 Å². The first-order valence-electron chi connectivity index (χ1n) is 6.33. The predicted octanol–water partition coefficient (Wildman–Crippen LogP) is 0.300. The number of carboxylic acids is 1. The summed E-state index contributed by atoms with van der Waals surface area (Å²) < 4.78 is 5.30. The summed E-state index contributed by atoms with van der Waals surface area (Å²) in [6, 6.07) is 0. The van der Waals surface area contributed by atoms with Gasteiger partial charge in [0.05, 0.1) is 0 Å². The summed E-state index contributed by atoms with van der Waals surface area (Å²) in [7, 11) is 0. The highest BCUT2D eigenvalue weighted by Crippen LogP contribution is 2.41. The van der Waals surface area contributed by atoms with Crippen molar-refractivity contribution in [2.45, 2.75) is 56.3 Å². The van der Waals surface area contributed by atoms with Gasteiger partial charge in [-0.3, -0.25) is 14.5 Å². The molecule has 18 heavy (non-hydrogen) atoms. The number of carbonyl (C=O) groups is 3. The van der Waals surface area contributed by atoms with E-state index in [-0.39, 0.29) is 0 Å². The minimum absolute atomic E-state index is 0.360. The number of imide groups is 1. The van der Waals surface area contributed by atoms with Crippen LogP contribution in [0.3, 0.4) is 0 Å². The van der Waals surface area contributed by atoms with Crippen molar-refractivity contribution in [3.63, 3.8) is 0 Å². The molecule has 2 amide bonds. The zero-order valence-corrected chi connectivity index (χ0v) is 9.92. The van der Waals surface area contributed by atoms with E-state index in [1.807, 2.05) is 0 Å². The Kier molecular flexibility index (Phi) is 2.45. The molecular weight excluding hydrogens is 238 g/mol. The Bertz CT molecular complexity index is 404. The van der Waals surface area contributed by atoms with Crippen LogP contribution in [0.4, 0.5) is 0 Å². The van der Waals surface area contributed by atoms with Crippen LogP contribution in [0.2, 0.25) is 0 Å². The van der Waals surface area contributed by atoms with Gasteiger partial charge in [-0.25, -0.2) is 4.79 Å². The van der Waals surface area contributed by atoms with Crippen molar-refractivity contribution in [1.82, 2.24) is 4.90 Å². The van der Waals surface area contributed by atoms with Gasteiger partial charge in [-0.1, -0.05) is 12.8 Å². The lowest BCUT2D eigenvalue weighted by atomic mass is 9.93. The highest BCUT2D eigenvalue weighted by Gasteiger charge is 2.58. The molecule has 98 valence electrons. The van der Waals surface area contributed by atoms with Crippen LogP contribution >= 0.6 is 0 Å². The van der Waals surface area contributed by atoms with Gasteiger partial charge in [0.15, 0.2) is 0 Å². The van der Waals surface area contributed by atoms with Crippen LogP contribution in [0.25, 0.3) is 0 Å². The van der Waals surface area contributed by atoms with Crippen molar-refractivity contribution in [3.05, 3.63) is 0 Å². The number of hydrogen-bond acceptors (Lipinski definition) is 4. The Labute approximate surface area is 104 Å². The summed E-state index contributed by atoms with van der Waals surface area (Å²) in [4.78, 5) is 37.0. The van der Waals surface area contributed by atoms with E-state index in [1.165, 1.54) is 0 Å². The molecule has 6 heteroatoms. The van der Waals surface area contributed by atoms with Crippen molar-refractivity contribution >= 4 is 17.8 Å². The maximum atomic E-state index is 12.2. The fourth-order valence-corrected chi connectivity index (χ4v) is 3.31. The van der Waals surface area contributed by atoms with Crippen LogP contribution < -0.4 is 0 Å². The van der Waals surface area contributed by atoms with E-state index in [9.17, 15) is 19.5 Å². The summed E-state index contributed by atoms with van der Waals surface area (Å²) in [6.45, 7) is 0. The molecule has 2 unspecified atom stereocenters. The van der Waals surface area contributed by atoms with E-state index in [1.54, 1.807) is 0 Å². The first-order valence-corrected chi connectivity index (χ1v) is 6.33. The molecule has 2 bridgehead atoms. The first-order chi connectivity index (χ1) is 8.56. The standard InChI is InChI=1S/C12H15NO5/c14-9-7-3-4-8(18-7)10(15)13(9)12(11(16)17)5-1-2-6-12/h7-8H,1-6H2,(H,16,17). The Morgan fingerprint density at radius 3 is 2.11 bits per heavy atom. The number of aliphatic carboxylic acids is 1. The number of fused-ring (bicyclic) bond motifs is 2. The molecule has 2 heterocycles. The molecule has 2 aliphatic heterocycles. The molecule has 3 rings (SSSR count). The largest absolute Gasteiger partial charge is 0.479 e. The molecule has 0 radical (unpaired) electrons. The second-order valence-electron chi connectivity index (χ2n) is 5.25. The third kappa shape index (κ3) is 1.35. The first kappa shape index (κ1) is 11.6. The van der Waals surface area contributed by atoms with Crippen LogP contribution in [0, 0.1) is 0 Å². The quantitative estimate of drug-likeness (QED) is 0.715. The van der Waals surface area contributed by atoms with Crippen molar-refractivity contribution < 1.29 is 24.2 Å². The number of rotatable bonds is 2. The maximum absolute atomic E-state index is 12.2. The number of carbonyl (C=O) groups excluding carboxylic acids is 2. The van der Waals surface area contributed by atoms with Crippen molar-refractivity contribution in [3.8, 4) is 0 Å². The van der Waals surface area contributed by atoms with Gasteiger partial charge in [-0.2, -0.15) is 0 Å². The Morgan fingerprint density at radius 1 is 1.17 bits per heavy atom. The maximum Gasteiger partial charge on any atom is 0.330 e. The lowest BCUT2D eigenvalue weighted by Crippen LogP contribution is -2.64. The molecule has 0 aromatic carbocycles. The summed E-state index contributed by atoms with van der Waals surface area (Å²) in [5, 5.41) is 9.46. The van der Waals surface area contributed by atoms with Gasteiger partial charge in [-0.05, 0) is 25.7 Å². The normalized spacial score (nSPS) is 34.1. The molecule has 1 aliphatic carbocycles. The van der Waals surface area contributed by atoms with Crippen molar-refractivity contribution in [2.24, 2.45) is 0 Å². The summed E-state index contributed by atoms with van der Waals surface area (Å²) >= 11 is 0. The fourth-order valence-electron chi connectivity index (χ4n) is 3.31. The van der Waals surface area contributed by atoms with E-state index in [2.05, 4.69) is 0 Å². The third-order valence-electron chi connectivity index (χ3n) is 4.27. The number of carboxylic acid groups (broad SMARTS) is 1. The van der Waals surface area contributed by atoms with E-state index in [0.29, 0.717) is 25.7 Å². The lowest BCUT2D eigenvalue weighted by molar-refractivity contribution is -0.183. The fraction of sp³-hybridized carbons (Fsp3) is 0.750.